The van der Waals surface area contributed by atoms with Crippen molar-refractivity contribution in [3.05, 3.63) is 34.8 Å². The summed E-state index contributed by atoms with van der Waals surface area (Å²) < 4.78 is 12.0. The van der Waals surface area contributed by atoms with Crippen molar-refractivity contribution in [3.8, 4) is 11.5 Å². The monoisotopic (exact) mass is 350 g/mol. The van der Waals surface area contributed by atoms with Crippen LogP contribution in [0.2, 0.25) is 0 Å². The second-order valence-electron chi connectivity index (χ2n) is 5.12. The number of rotatable bonds is 6. The summed E-state index contributed by atoms with van der Waals surface area (Å²) in [6.45, 7) is 3.74. The van der Waals surface area contributed by atoms with Gasteiger partial charge in [0, 0.05) is 17.6 Å². The number of hydrogen-bond acceptors (Lipinski definition) is 6. The van der Waals surface area contributed by atoms with E-state index in [0.29, 0.717) is 25.5 Å². The summed E-state index contributed by atoms with van der Waals surface area (Å²) in [6.07, 6.45) is 0.767. The summed E-state index contributed by atoms with van der Waals surface area (Å²) in [5, 5.41) is 4.92. The Labute approximate surface area is 143 Å². The average Bonchev–Trinajstić information content (AvgIpc) is 2.98. The molecule has 1 aliphatic heterocycles. The molecular formula is C16H18N2O3S2. The van der Waals surface area contributed by atoms with Gasteiger partial charge in [0.2, 0.25) is 5.91 Å². The van der Waals surface area contributed by atoms with Gasteiger partial charge in [-0.2, -0.15) is 0 Å². The van der Waals surface area contributed by atoms with Gasteiger partial charge >= 0.3 is 0 Å². The first kappa shape index (κ1) is 16.1. The van der Waals surface area contributed by atoms with Crippen LogP contribution in [0.25, 0.3) is 0 Å². The number of thiazole rings is 1. The number of thioether (sulfide) groups is 1. The van der Waals surface area contributed by atoms with Gasteiger partial charge in [-0.15, -0.1) is 11.3 Å². The Morgan fingerprint density at radius 3 is 2.96 bits per heavy atom. The highest BCUT2D eigenvalue weighted by molar-refractivity contribution is 8.01. The number of fused-ring (bicyclic) bond motifs is 1. The van der Waals surface area contributed by atoms with Crippen LogP contribution in [0.4, 0.5) is 0 Å². The Bertz CT molecular complexity index is 688. The predicted octanol–water partition coefficient (Wildman–Crippen LogP) is 2.67. The van der Waals surface area contributed by atoms with Crippen LogP contribution in [0.15, 0.2) is 27.9 Å². The molecule has 0 fully saturated rings. The van der Waals surface area contributed by atoms with Crippen LogP contribution >= 0.6 is 23.1 Å². The van der Waals surface area contributed by atoms with Gasteiger partial charge in [0.1, 0.15) is 13.2 Å². The lowest BCUT2D eigenvalue weighted by molar-refractivity contribution is -0.118. The number of hydrogen-bond donors (Lipinski definition) is 1. The van der Waals surface area contributed by atoms with Gasteiger partial charge in [-0.25, -0.2) is 4.98 Å². The smallest absolute Gasteiger partial charge is 0.230 e. The molecule has 23 heavy (non-hydrogen) atoms. The van der Waals surface area contributed by atoms with Gasteiger partial charge in [-0.3, -0.25) is 4.79 Å². The molecule has 2 heterocycles. The molecule has 122 valence electrons. The lowest BCUT2D eigenvalue weighted by Gasteiger charge is -2.18. The van der Waals surface area contributed by atoms with Gasteiger partial charge < -0.3 is 14.8 Å². The standard InChI is InChI=1S/C16H18N2O3S2/c1-11-9-22-16(18-11)23-10-15(19)17-5-4-12-2-3-13-14(8-12)21-7-6-20-13/h2-3,8-9H,4-7,10H2,1H3,(H,17,19). The van der Waals surface area contributed by atoms with E-state index in [-0.39, 0.29) is 5.91 Å². The molecule has 0 saturated carbocycles. The molecule has 0 unspecified atom stereocenters. The van der Waals surface area contributed by atoms with Crippen molar-refractivity contribution in [2.45, 2.75) is 17.7 Å². The number of ether oxygens (including phenoxy) is 2. The SMILES string of the molecule is Cc1csc(SCC(=O)NCCc2ccc3c(c2)OCCO3)n1. The van der Waals surface area contributed by atoms with Crippen molar-refractivity contribution >= 4 is 29.0 Å². The maximum Gasteiger partial charge on any atom is 0.230 e. The van der Waals surface area contributed by atoms with E-state index in [9.17, 15) is 4.79 Å². The molecule has 7 heteroatoms. The topological polar surface area (TPSA) is 60.5 Å². The molecule has 0 saturated heterocycles. The quantitative estimate of drug-likeness (QED) is 0.812. The summed E-state index contributed by atoms with van der Waals surface area (Å²) >= 11 is 3.04. The summed E-state index contributed by atoms with van der Waals surface area (Å²) in [6, 6.07) is 5.91. The molecule has 2 aromatic rings. The molecular weight excluding hydrogens is 332 g/mol. The molecule has 3 rings (SSSR count). The molecule has 1 amide bonds. The zero-order chi connectivity index (χ0) is 16.1. The minimum Gasteiger partial charge on any atom is -0.486 e. The van der Waals surface area contributed by atoms with Gasteiger partial charge in [-0.1, -0.05) is 17.8 Å². The summed E-state index contributed by atoms with van der Waals surface area (Å²) in [5.74, 6) is 2.00. The first-order valence-electron chi connectivity index (χ1n) is 7.41. The molecule has 1 aromatic heterocycles. The Kier molecular flexibility index (Phi) is 5.40. The van der Waals surface area contributed by atoms with Crippen molar-refractivity contribution < 1.29 is 14.3 Å². The van der Waals surface area contributed by atoms with Crippen LogP contribution in [0, 0.1) is 6.92 Å². The van der Waals surface area contributed by atoms with E-state index in [0.717, 1.165) is 33.5 Å². The highest BCUT2D eigenvalue weighted by atomic mass is 32.2. The van der Waals surface area contributed by atoms with Gasteiger partial charge in [0.05, 0.1) is 5.75 Å². The molecule has 1 aliphatic rings. The average molecular weight is 350 g/mol. The van der Waals surface area contributed by atoms with Crippen molar-refractivity contribution in [1.29, 1.82) is 0 Å². The second kappa shape index (κ2) is 7.70. The zero-order valence-corrected chi connectivity index (χ0v) is 14.5. The number of amides is 1. The minimum absolute atomic E-state index is 0.0281. The number of nitrogens with zero attached hydrogens (tertiary/aromatic N) is 1. The second-order valence-corrected chi connectivity index (χ2v) is 7.20. The predicted molar refractivity (Wildman–Crippen MR) is 91.7 cm³/mol. The van der Waals surface area contributed by atoms with E-state index < -0.39 is 0 Å². The van der Waals surface area contributed by atoms with Crippen molar-refractivity contribution in [3.63, 3.8) is 0 Å². The zero-order valence-electron chi connectivity index (χ0n) is 12.8. The largest absolute Gasteiger partial charge is 0.486 e. The molecule has 5 nitrogen and oxygen atoms in total. The fourth-order valence-corrected chi connectivity index (χ4v) is 3.85. The number of aryl methyl sites for hydroxylation is 1. The number of carbonyl (C=O) groups is 1. The third-order valence-corrected chi connectivity index (χ3v) is 5.41. The fraction of sp³-hybridized carbons (Fsp3) is 0.375. The van der Waals surface area contributed by atoms with E-state index in [4.69, 9.17) is 9.47 Å². The maximum atomic E-state index is 11.8. The third kappa shape index (κ3) is 4.62. The minimum atomic E-state index is 0.0281. The fourth-order valence-electron chi connectivity index (χ4n) is 2.17. The molecule has 0 aliphatic carbocycles. The van der Waals surface area contributed by atoms with E-state index in [1.54, 1.807) is 11.3 Å². The Morgan fingerprint density at radius 1 is 1.35 bits per heavy atom. The van der Waals surface area contributed by atoms with Crippen LogP contribution in [0.3, 0.4) is 0 Å². The van der Waals surface area contributed by atoms with Crippen molar-refractivity contribution in [2.24, 2.45) is 0 Å². The third-order valence-electron chi connectivity index (χ3n) is 3.27. The summed E-state index contributed by atoms with van der Waals surface area (Å²) in [4.78, 5) is 16.2. The normalized spacial score (nSPS) is 12.9. The molecule has 1 N–H and O–H groups in total. The molecule has 1 aromatic carbocycles. The summed E-state index contributed by atoms with van der Waals surface area (Å²) in [5.41, 5.74) is 2.12. The van der Waals surface area contributed by atoms with Crippen LogP contribution in [-0.2, 0) is 11.2 Å². The Hall–Kier alpha value is -1.73. The highest BCUT2D eigenvalue weighted by Gasteiger charge is 2.11. The van der Waals surface area contributed by atoms with Crippen LogP contribution in [-0.4, -0.2) is 36.4 Å². The van der Waals surface area contributed by atoms with Gasteiger partial charge in [-0.05, 0) is 31.0 Å². The highest BCUT2D eigenvalue weighted by Crippen LogP contribution is 2.30. The number of nitrogens with one attached hydrogen (secondary N) is 1. The summed E-state index contributed by atoms with van der Waals surface area (Å²) in [7, 11) is 0. The molecule has 0 bridgehead atoms. The van der Waals surface area contributed by atoms with E-state index in [2.05, 4.69) is 10.3 Å². The number of carbonyl (C=O) groups excluding carboxylic acids is 1. The Morgan fingerprint density at radius 2 is 2.17 bits per heavy atom. The molecule has 0 atom stereocenters. The number of aromatic nitrogens is 1. The first-order valence-corrected chi connectivity index (χ1v) is 9.27. The molecule has 0 spiro atoms. The Balaban J connectivity index is 1.41. The first-order chi connectivity index (χ1) is 11.2. The molecule has 0 radical (unpaired) electrons. The van der Waals surface area contributed by atoms with E-state index in [1.807, 2.05) is 30.5 Å². The lowest BCUT2D eigenvalue weighted by atomic mass is 10.1. The number of benzene rings is 1. The lowest BCUT2D eigenvalue weighted by Crippen LogP contribution is -2.27. The van der Waals surface area contributed by atoms with Crippen LogP contribution in [0.5, 0.6) is 11.5 Å². The van der Waals surface area contributed by atoms with Crippen LogP contribution in [0.1, 0.15) is 11.3 Å². The van der Waals surface area contributed by atoms with Crippen LogP contribution < -0.4 is 14.8 Å². The van der Waals surface area contributed by atoms with Crippen molar-refractivity contribution in [1.82, 2.24) is 10.3 Å². The maximum absolute atomic E-state index is 11.8. The van der Waals surface area contributed by atoms with Gasteiger partial charge in [0.15, 0.2) is 15.8 Å². The van der Waals surface area contributed by atoms with E-state index >= 15 is 0 Å². The van der Waals surface area contributed by atoms with E-state index in [1.165, 1.54) is 11.8 Å². The van der Waals surface area contributed by atoms with Gasteiger partial charge in [0.25, 0.3) is 0 Å². The van der Waals surface area contributed by atoms with Crippen molar-refractivity contribution in [2.75, 3.05) is 25.5 Å².